The zero-order valence-electron chi connectivity index (χ0n) is 10.7. The maximum absolute atomic E-state index is 10.6. The summed E-state index contributed by atoms with van der Waals surface area (Å²) in [7, 11) is 0. The number of nitro benzene ring substituents is 1. The van der Waals surface area contributed by atoms with Crippen molar-refractivity contribution in [1.82, 2.24) is 4.98 Å². The third-order valence-corrected chi connectivity index (χ3v) is 3.17. The largest absolute Gasteiger partial charge is 0.355 e. The Hall–Kier alpha value is -2.66. The number of aromatic nitrogens is 1. The number of rotatable bonds is 3. The van der Waals surface area contributed by atoms with Crippen LogP contribution in [0.2, 0.25) is 5.15 Å². The Morgan fingerprint density at radius 2 is 2.00 bits per heavy atom. The van der Waals surface area contributed by atoms with E-state index in [9.17, 15) is 10.1 Å². The first-order chi connectivity index (χ1) is 10.1. The highest BCUT2D eigenvalue weighted by atomic mass is 35.5. The molecule has 103 valence electrons. The van der Waals surface area contributed by atoms with Crippen LogP contribution in [-0.4, -0.2) is 9.91 Å². The number of hydrogen-bond donors (Lipinski definition) is 1. The minimum Gasteiger partial charge on any atom is -0.355 e. The van der Waals surface area contributed by atoms with Crippen LogP contribution in [0.3, 0.4) is 0 Å². The maximum Gasteiger partial charge on any atom is 0.269 e. The van der Waals surface area contributed by atoms with E-state index in [0.717, 1.165) is 22.3 Å². The first-order valence-corrected chi connectivity index (χ1v) is 6.49. The van der Waals surface area contributed by atoms with Crippen LogP contribution in [0.1, 0.15) is 0 Å². The summed E-state index contributed by atoms with van der Waals surface area (Å²) in [5.41, 5.74) is 2.31. The van der Waals surface area contributed by atoms with Gasteiger partial charge in [-0.25, -0.2) is 4.98 Å². The fourth-order valence-corrected chi connectivity index (χ4v) is 2.21. The second-order valence-electron chi connectivity index (χ2n) is 4.36. The van der Waals surface area contributed by atoms with Crippen molar-refractivity contribution in [2.45, 2.75) is 0 Å². The van der Waals surface area contributed by atoms with Gasteiger partial charge in [0.25, 0.3) is 5.69 Å². The van der Waals surface area contributed by atoms with E-state index in [4.69, 9.17) is 11.6 Å². The summed E-state index contributed by atoms with van der Waals surface area (Å²) >= 11 is 6.01. The molecule has 0 saturated heterocycles. The third-order valence-electron chi connectivity index (χ3n) is 2.98. The quantitative estimate of drug-likeness (QED) is 0.443. The van der Waals surface area contributed by atoms with Crippen molar-refractivity contribution in [2.75, 3.05) is 5.32 Å². The van der Waals surface area contributed by atoms with Gasteiger partial charge in [0.15, 0.2) is 0 Å². The third kappa shape index (κ3) is 2.78. The zero-order valence-corrected chi connectivity index (χ0v) is 11.5. The second kappa shape index (κ2) is 5.38. The molecule has 0 aliphatic rings. The molecule has 0 atom stereocenters. The highest BCUT2D eigenvalue weighted by Gasteiger charge is 2.07. The van der Waals surface area contributed by atoms with Gasteiger partial charge in [0, 0.05) is 23.2 Å². The van der Waals surface area contributed by atoms with E-state index >= 15 is 0 Å². The number of nitrogens with one attached hydrogen (secondary N) is 1. The molecule has 0 spiro atoms. The van der Waals surface area contributed by atoms with Crippen LogP contribution in [0.15, 0.2) is 48.5 Å². The molecule has 0 aliphatic carbocycles. The van der Waals surface area contributed by atoms with Crippen molar-refractivity contribution in [3.63, 3.8) is 0 Å². The molecule has 0 fully saturated rings. The SMILES string of the molecule is O=[N+]([O-])c1ccc(Nc2cc(Cl)nc3cc[c]cc23)cc1. The Morgan fingerprint density at radius 1 is 1.24 bits per heavy atom. The van der Waals surface area contributed by atoms with Gasteiger partial charge in [0.1, 0.15) is 5.15 Å². The molecule has 0 aliphatic heterocycles. The van der Waals surface area contributed by atoms with Gasteiger partial charge in [-0.1, -0.05) is 17.7 Å². The lowest BCUT2D eigenvalue weighted by Crippen LogP contribution is -1.94. The van der Waals surface area contributed by atoms with E-state index in [1.165, 1.54) is 12.1 Å². The van der Waals surface area contributed by atoms with Gasteiger partial charge < -0.3 is 5.32 Å². The summed E-state index contributed by atoms with van der Waals surface area (Å²) in [5.74, 6) is 0. The summed E-state index contributed by atoms with van der Waals surface area (Å²) in [5, 5.41) is 15.1. The Kier molecular flexibility index (Phi) is 3.41. The number of fused-ring (bicyclic) bond motifs is 1. The van der Waals surface area contributed by atoms with E-state index < -0.39 is 4.92 Å². The van der Waals surface area contributed by atoms with Crippen LogP contribution in [0, 0.1) is 16.2 Å². The molecule has 1 aromatic heterocycles. The molecule has 1 radical (unpaired) electrons. The zero-order chi connectivity index (χ0) is 14.8. The maximum atomic E-state index is 10.6. The summed E-state index contributed by atoms with van der Waals surface area (Å²) < 4.78 is 0. The van der Waals surface area contributed by atoms with Gasteiger partial charge in [0.2, 0.25) is 0 Å². The lowest BCUT2D eigenvalue weighted by Gasteiger charge is -2.10. The lowest BCUT2D eigenvalue weighted by atomic mass is 10.2. The van der Waals surface area contributed by atoms with E-state index in [1.807, 2.05) is 12.1 Å². The van der Waals surface area contributed by atoms with Crippen molar-refractivity contribution in [2.24, 2.45) is 0 Å². The van der Waals surface area contributed by atoms with Crippen molar-refractivity contribution in [1.29, 1.82) is 0 Å². The normalized spacial score (nSPS) is 10.5. The fourth-order valence-electron chi connectivity index (χ4n) is 2.01. The monoisotopic (exact) mass is 298 g/mol. The number of halogens is 1. The summed E-state index contributed by atoms with van der Waals surface area (Å²) in [6, 6.07) is 16.3. The van der Waals surface area contributed by atoms with Crippen LogP contribution in [0.5, 0.6) is 0 Å². The molecule has 3 aromatic rings. The van der Waals surface area contributed by atoms with Crippen LogP contribution in [-0.2, 0) is 0 Å². The number of hydrogen-bond acceptors (Lipinski definition) is 4. The Balaban J connectivity index is 1.99. The molecule has 0 bridgehead atoms. The molecule has 6 heteroatoms. The summed E-state index contributed by atoms with van der Waals surface area (Å²) in [4.78, 5) is 14.4. The fraction of sp³-hybridized carbons (Fsp3) is 0. The number of pyridine rings is 1. The molecule has 21 heavy (non-hydrogen) atoms. The van der Waals surface area contributed by atoms with Gasteiger partial charge in [-0.15, -0.1) is 0 Å². The Labute approximate surface area is 125 Å². The number of anilines is 2. The minimum atomic E-state index is -0.433. The van der Waals surface area contributed by atoms with E-state index in [2.05, 4.69) is 16.4 Å². The highest BCUT2D eigenvalue weighted by Crippen LogP contribution is 2.28. The molecule has 2 aromatic carbocycles. The van der Waals surface area contributed by atoms with Gasteiger partial charge >= 0.3 is 0 Å². The minimum absolute atomic E-state index is 0.0477. The molecule has 0 amide bonds. The van der Waals surface area contributed by atoms with E-state index in [0.29, 0.717) is 5.15 Å². The van der Waals surface area contributed by atoms with Crippen molar-refractivity contribution in [3.05, 3.63) is 69.9 Å². The molecule has 1 N–H and O–H groups in total. The van der Waals surface area contributed by atoms with Crippen molar-refractivity contribution >= 4 is 39.6 Å². The van der Waals surface area contributed by atoms with Gasteiger partial charge in [-0.05, 0) is 36.4 Å². The highest BCUT2D eigenvalue weighted by molar-refractivity contribution is 6.30. The predicted molar refractivity (Wildman–Crippen MR) is 82.0 cm³/mol. The van der Waals surface area contributed by atoms with Crippen LogP contribution < -0.4 is 5.32 Å². The predicted octanol–water partition coefficient (Wildman–Crippen LogP) is 4.34. The molecule has 0 saturated carbocycles. The van der Waals surface area contributed by atoms with Crippen molar-refractivity contribution < 1.29 is 4.92 Å². The topological polar surface area (TPSA) is 68.1 Å². The molecule has 1 heterocycles. The number of benzene rings is 2. The average Bonchev–Trinajstić information content (AvgIpc) is 2.47. The Morgan fingerprint density at radius 3 is 2.71 bits per heavy atom. The number of nitrogens with zero attached hydrogens (tertiary/aromatic N) is 2. The first-order valence-electron chi connectivity index (χ1n) is 6.11. The smallest absolute Gasteiger partial charge is 0.269 e. The number of non-ortho nitro benzene ring substituents is 1. The van der Waals surface area contributed by atoms with E-state index in [1.54, 1.807) is 24.3 Å². The standard InChI is InChI=1S/C15H9ClN3O2/c16-15-9-14(12-3-1-2-4-13(12)18-15)17-10-5-7-11(8-6-10)19(20)21/h2-9H,(H,17,18). The first kappa shape index (κ1) is 13.3. The second-order valence-corrected chi connectivity index (χ2v) is 4.75. The molecular formula is C15H9ClN3O2. The van der Waals surface area contributed by atoms with Crippen molar-refractivity contribution in [3.8, 4) is 0 Å². The average molecular weight is 299 g/mol. The molecule has 3 rings (SSSR count). The van der Waals surface area contributed by atoms with Crippen LogP contribution in [0.4, 0.5) is 17.1 Å². The van der Waals surface area contributed by atoms with Crippen LogP contribution >= 0.6 is 11.6 Å². The summed E-state index contributed by atoms with van der Waals surface area (Å²) in [6.07, 6.45) is 0. The molecule has 0 unspecified atom stereocenters. The van der Waals surface area contributed by atoms with Gasteiger partial charge in [-0.3, -0.25) is 10.1 Å². The Bertz CT molecular complexity index is 819. The molecule has 5 nitrogen and oxygen atoms in total. The number of nitro groups is 1. The lowest BCUT2D eigenvalue weighted by molar-refractivity contribution is -0.384. The van der Waals surface area contributed by atoms with Gasteiger partial charge in [-0.2, -0.15) is 0 Å². The van der Waals surface area contributed by atoms with E-state index in [-0.39, 0.29) is 5.69 Å². The van der Waals surface area contributed by atoms with Crippen LogP contribution in [0.25, 0.3) is 10.9 Å². The summed E-state index contributed by atoms with van der Waals surface area (Å²) in [6.45, 7) is 0. The molecular weight excluding hydrogens is 290 g/mol. The van der Waals surface area contributed by atoms with Gasteiger partial charge in [0.05, 0.1) is 16.1 Å².